The van der Waals surface area contributed by atoms with Crippen LogP contribution in [-0.2, 0) is 23.8 Å². The summed E-state index contributed by atoms with van der Waals surface area (Å²) in [6, 6.07) is 0. The number of hydrogen-bond donors (Lipinski definition) is 0. The summed E-state index contributed by atoms with van der Waals surface area (Å²) < 4.78 is 17.3. The molecule has 0 aromatic heterocycles. The fourth-order valence-electron chi connectivity index (χ4n) is 6.49. The Balaban J connectivity index is 4.24. The first-order chi connectivity index (χ1) is 27.6. The van der Waals surface area contributed by atoms with E-state index in [-0.39, 0.29) is 25.2 Å². The summed E-state index contributed by atoms with van der Waals surface area (Å²) in [4.78, 5) is 25.2. The lowest BCUT2D eigenvalue weighted by Gasteiger charge is -2.18. The first kappa shape index (κ1) is 53.6. The Kier molecular flexibility index (Phi) is 45.0. The van der Waals surface area contributed by atoms with Gasteiger partial charge in [0, 0.05) is 19.4 Å². The Labute approximate surface area is 347 Å². The summed E-state index contributed by atoms with van der Waals surface area (Å²) >= 11 is 0. The van der Waals surface area contributed by atoms with Gasteiger partial charge in [0.2, 0.25) is 0 Å². The zero-order chi connectivity index (χ0) is 40.7. The first-order valence-electron chi connectivity index (χ1n) is 23.8. The third-order valence-corrected chi connectivity index (χ3v) is 10.0. The average Bonchev–Trinajstić information content (AvgIpc) is 3.20. The molecule has 0 saturated carbocycles. The zero-order valence-electron chi connectivity index (χ0n) is 37.1. The van der Waals surface area contributed by atoms with Crippen LogP contribution in [0, 0.1) is 0 Å². The van der Waals surface area contributed by atoms with Crippen molar-refractivity contribution in [1.82, 2.24) is 0 Å². The molecule has 0 heterocycles. The highest BCUT2D eigenvalue weighted by atomic mass is 16.6. The van der Waals surface area contributed by atoms with Crippen molar-refractivity contribution in [2.75, 3.05) is 19.8 Å². The maximum Gasteiger partial charge on any atom is 0.306 e. The Morgan fingerprint density at radius 1 is 0.411 bits per heavy atom. The van der Waals surface area contributed by atoms with Crippen molar-refractivity contribution < 1.29 is 23.8 Å². The third-order valence-electron chi connectivity index (χ3n) is 10.0. The number of unbranched alkanes of at least 4 members (excludes halogenated alkanes) is 22. The molecule has 0 N–H and O–H groups in total. The molecule has 0 bridgehead atoms. The van der Waals surface area contributed by atoms with Gasteiger partial charge in [-0.3, -0.25) is 9.59 Å². The normalized spacial score (nSPS) is 12.7. The van der Waals surface area contributed by atoms with E-state index in [4.69, 9.17) is 14.2 Å². The summed E-state index contributed by atoms with van der Waals surface area (Å²) in [6.07, 6.45) is 58.0. The molecule has 0 aliphatic heterocycles. The van der Waals surface area contributed by atoms with Gasteiger partial charge in [0.15, 0.2) is 6.10 Å². The standard InChI is InChI=1S/C51H90O5/c1-4-7-10-13-16-19-21-23-25-26-28-29-31-33-35-38-41-44-50(52)55-48-49(47-54-46-43-40-37-18-15-12-9-6-3)56-51(53)45-42-39-36-34-32-30-27-24-22-20-17-14-11-8-5-2/h8,11,17,20,23-25,27,32,34,49H,4-7,9-10,12-16,18-19,21-22,26,28-31,33,35-48H2,1-3H3/b11-8-,20-17-,25-23-,27-24-,34-32-. The van der Waals surface area contributed by atoms with Gasteiger partial charge in [-0.2, -0.15) is 0 Å². The van der Waals surface area contributed by atoms with Crippen LogP contribution >= 0.6 is 0 Å². The summed E-state index contributed by atoms with van der Waals surface area (Å²) in [7, 11) is 0. The van der Waals surface area contributed by atoms with Crippen molar-refractivity contribution in [3.63, 3.8) is 0 Å². The van der Waals surface area contributed by atoms with Crippen LogP contribution in [0.25, 0.3) is 0 Å². The SMILES string of the molecule is CC/C=C\C/C=C\C/C=C\C/C=C\CCCCC(=O)OC(COCCCCCCCCCC)COC(=O)CCCCCCCCC/C=C\CCCCCCCC. The predicted octanol–water partition coefficient (Wildman–Crippen LogP) is 15.8. The molecule has 5 heteroatoms. The number of esters is 2. The van der Waals surface area contributed by atoms with Crippen LogP contribution in [-0.4, -0.2) is 37.9 Å². The molecule has 5 nitrogen and oxygen atoms in total. The van der Waals surface area contributed by atoms with E-state index < -0.39 is 6.10 Å². The molecule has 0 aromatic rings. The lowest BCUT2D eigenvalue weighted by Crippen LogP contribution is -2.30. The maximum atomic E-state index is 12.7. The van der Waals surface area contributed by atoms with E-state index in [9.17, 15) is 9.59 Å². The number of allylic oxidation sites excluding steroid dienone is 10. The second kappa shape index (κ2) is 47.0. The van der Waals surface area contributed by atoms with Crippen molar-refractivity contribution in [3.8, 4) is 0 Å². The van der Waals surface area contributed by atoms with Crippen LogP contribution < -0.4 is 0 Å². The number of hydrogen-bond acceptors (Lipinski definition) is 5. The molecule has 324 valence electrons. The first-order valence-corrected chi connectivity index (χ1v) is 23.8. The average molecular weight is 783 g/mol. The summed E-state index contributed by atoms with van der Waals surface area (Å²) in [5, 5.41) is 0. The van der Waals surface area contributed by atoms with E-state index in [1.54, 1.807) is 0 Å². The molecule has 0 aliphatic carbocycles. The molecular formula is C51H90O5. The van der Waals surface area contributed by atoms with Crippen molar-refractivity contribution in [2.45, 2.75) is 232 Å². The highest BCUT2D eigenvalue weighted by Gasteiger charge is 2.17. The highest BCUT2D eigenvalue weighted by molar-refractivity contribution is 5.70. The van der Waals surface area contributed by atoms with Crippen molar-refractivity contribution >= 4 is 11.9 Å². The molecule has 0 aliphatic rings. The van der Waals surface area contributed by atoms with Crippen LogP contribution in [0.5, 0.6) is 0 Å². The molecule has 1 atom stereocenters. The van der Waals surface area contributed by atoms with Crippen LogP contribution in [0.4, 0.5) is 0 Å². The quantitative estimate of drug-likeness (QED) is 0.0350. The molecule has 0 rings (SSSR count). The van der Waals surface area contributed by atoms with Gasteiger partial charge in [-0.25, -0.2) is 0 Å². The number of carbonyl (C=O) groups excluding carboxylic acids is 2. The minimum Gasteiger partial charge on any atom is -0.462 e. The van der Waals surface area contributed by atoms with Gasteiger partial charge < -0.3 is 14.2 Å². The molecule has 0 radical (unpaired) electrons. The number of carbonyl (C=O) groups is 2. The lowest BCUT2D eigenvalue weighted by atomic mass is 10.1. The second-order valence-electron chi connectivity index (χ2n) is 15.6. The van der Waals surface area contributed by atoms with Crippen LogP contribution in [0.15, 0.2) is 60.8 Å². The van der Waals surface area contributed by atoms with E-state index in [1.165, 1.54) is 116 Å². The second-order valence-corrected chi connectivity index (χ2v) is 15.6. The molecule has 0 fully saturated rings. The van der Waals surface area contributed by atoms with Gasteiger partial charge >= 0.3 is 11.9 Å². The van der Waals surface area contributed by atoms with Gasteiger partial charge in [-0.05, 0) is 83.5 Å². The molecule has 0 spiro atoms. The molecule has 0 aromatic carbocycles. The van der Waals surface area contributed by atoms with Crippen molar-refractivity contribution in [2.24, 2.45) is 0 Å². The summed E-state index contributed by atoms with van der Waals surface area (Å²) in [5.41, 5.74) is 0. The molecule has 0 amide bonds. The summed E-state index contributed by atoms with van der Waals surface area (Å²) in [5.74, 6) is -0.448. The van der Waals surface area contributed by atoms with Crippen molar-refractivity contribution in [3.05, 3.63) is 60.8 Å². The third kappa shape index (κ3) is 44.3. The monoisotopic (exact) mass is 783 g/mol. The smallest absolute Gasteiger partial charge is 0.306 e. The fourth-order valence-corrected chi connectivity index (χ4v) is 6.49. The van der Waals surface area contributed by atoms with Crippen LogP contribution in [0.3, 0.4) is 0 Å². The fraction of sp³-hybridized carbons (Fsp3) is 0.765. The Morgan fingerprint density at radius 2 is 0.804 bits per heavy atom. The predicted molar refractivity (Wildman–Crippen MR) is 242 cm³/mol. The Morgan fingerprint density at radius 3 is 1.34 bits per heavy atom. The van der Waals surface area contributed by atoms with Gasteiger partial charge in [-0.1, -0.05) is 191 Å². The number of rotatable bonds is 43. The topological polar surface area (TPSA) is 61.8 Å². The van der Waals surface area contributed by atoms with E-state index in [0.29, 0.717) is 19.4 Å². The maximum absolute atomic E-state index is 12.7. The molecule has 1 unspecified atom stereocenters. The minimum atomic E-state index is -0.555. The molecule has 0 saturated heterocycles. The minimum absolute atomic E-state index is 0.0668. The van der Waals surface area contributed by atoms with Crippen LogP contribution in [0.2, 0.25) is 0 Å². The molecular weight excluding hydrogens is 693 g/mol. The summed E-state index contributed by atoms with van der Waals surface area (Å²) in [6.45, 7) is 7.65. The van der Waals surface area contributed by atoms with E-state index >= 15 is 0 Å². The van der Waals surface area contributed by atoms with Gasteiger partial charge in [-0.15, -0.1) is 0 Å². The van der Waals surface area contributed by atoms with Gasteiger partial charge in [0.1, 0.15) is 6.61 Å². The van der Waals surface area contributed by atoms with E-state index in [1.807, 2.05) is 0 Å². The van der Waals surface area contributed by atoms with Crippen molar-refractivity contribution in [1.29, 1.82) is 0 Å². The lowest BCUT2D eigenvalue weighted by molar-refractivity contribution is -0.163. The van der Waals surface area contributed by atoms with E-state index in [2.05, 4.69) is 81.5 Å². The van der Waals surface area contributed by atoms with E-state index in [0.717, 1.165) is 77.0 Å². The van der Waals surface area contributed by atoms with Gasteiger partial charge in [0.25, 0.3) is 0 Å². The largest absolute Gasteiger partial charge is 0.462 e. The highest BCUT2D eigenvalue weighted by Crippen LogP contribution is 2.13. The Bertz CT molecular complexity index is 977. The zero-order valence-corrected chi connectivity index (χ0v) is 37.1. The molecule has 56 heavy (non-hydrogen) atoms. The Hall–Kier alpha value is -2.40. The van der Waals surface area contributed by atoms with Crippen LogP contribution in [0.1, 0.15) is 226 Å². The number of ether oxygens (including phenoxy) is 3. The van der Waals surface area contributed by atoms with Gasteiger partial charge in [0.05, 0.1) is 6.61 Å².